The molecular formula is C11H18O5. The molecule has 0 spiro atoms. The molecule has 3 atom stereocenters. The Bertz CT molecular complexity index is 237. The lowest BCUT2D eigenvalue weighted by atomic mass is 9.98. The molecule has 1 aliphatic carbocycles. The predicted octanol–water partition coefficient (Wildman–Crippen LogP) is 0.500. The quantitative estimate of drug-likeness (QED) is 0.712. The summed E-state index contributed by atoms with van der Waals surface area (Å²) in [7, 11) is 0. The summed E-state index contributed by atoms with van der Waals surface area (Å²) in [5.41, 5.74) is 0. The average Bonchev–Trinajstić information content (AvgIpc) is 2.52. The number of ether oxygens (including phenoxy) is 2. The first-order valence-corrected chi connectivity index (χ1v) is 5.43. The highest BCUT2D eigenvalue weighted by Gasteiger charge is 2.34. The second-order valence-electron chi connectivity index (χ2n) is 4.25. The first-order chi connectivity index (χ1) is 7.49. The molecule has 1 unspecified atom stereocenters. The van der Waals surface area contributed by atoms with Crippen LogP contribution in [0.3, 0.4) is 0 Å². The van der Waals surface area contributed by atoms with E-state index in [1.165, 1.54) is 13.8 Å². The number of aliphatic hydroxyl groups excluding tert-OH is 1. The summed E-state index contributed by atoms with van der Waals surface area (Å²) in [5.74, 6) is -0.489. The molecular weight excluding hydrogens is 212 g/mol. The molecule has 0 aromatic heterocycles. The molecule has 0 saturated heterocycles. The van der Waals surface area contributed by atoms with Crippen LogP contribution >= 0.6 is 0 Å². The third kappa shape index (κ3) is 4.18. The smallest absolute Gasteiger partial charge is 0.302 e. The van der Waals surface area contributed by atoms with Crippen LogP contribution in [0, 0.1) is 11.8 Å². The van der Waals surface area contributed by atoms with Crippen LogP contribution in [0.15, 0.2) is 0 Å². The van der Waals surface area contributed by atoms with E-state index in [0.717, 1.165) is 0 Å². The van der Waals surface area contributed by atoms with Crippen LogP contribution in [0.2, 0.25) is 0 Å². The SMILES string of the molecule is CC(=O)OC[C@@H]1CC(O)C[C@@H]1COC(C)=O. The van der Waals surface area contributed by atoms with Gasteiger partial charge in [-0.05, 0) is 12.8 Å². The second kappa shape index (κ2) is 5.84. The third-order valence-electron chi connectivity index (χ3n) is 2.82. The van der Waals surface area contributed by atoms with Crippen molar-refractivity contribution in [2.24, 2.45) is 11.8 Å². The van der Waals surface area contributed by atoms with E-state index in [-0.39, 0.29) is 29.9 Å². The molecule has 0 bridgehead atoms. The molecule has 0 amide bonds. The summed E-state index contributed by atoms with van der Waals surface area (Å²) in [5, 5.41) is 9.52. The Balaban J connectivity index is 2.39. The molecule has 1 rings (SSSR count). The van der Waals surface area contributed by atoms with Gasteiger partial charge in [0.05, 0.1) is 19.3 Å². The zero-order valence-corrected chi connectivity index (χ0v) is 9.64. The maximum Gasteiger partial charge on any atom is 0.302 e. The zero-order chi connectivity index (χ0) is 12.1. The van der Waals surface area contributed by atoms with E-state index in [2.05, 4.69) is 0 Å². The van der Waals surface area contributed by atoms with Gasteiger partial charge in [-0.1, -0.05) is 0 Å². The summed E-state index contributed by atoms with van der Waals surface area (Å²) < 4.78 is 9.84. The molecule has 0 aromatic rings. The lowest BCUT2D eigenvalue weighted by molar-refractivity contribution is -0.146. The first kappa shape index (κ1) is 13.0. The molecule has 0 aliphatic heterocycles. The van der Waals surface area contributed by atoms with Gasteiger partial charge in [-0.2, -0.15) is 0 Å². The van der Waals surface area contributed by atoms with Crippen LogP contribution in [-0.4, -0.2) is 36.4 Å². The minimum atomic E-state index is -0.388. The minimum absolute atomic E-state index is 0.0817. The Hall–Kier alpha value is -1.10. The number of hydrogen-bond donors (Lipinski definition) is 1. The number of carbonyl (C=O) groups excluding carboxylic acids is 2. The molecule has 1 N–H and O–H groups in total. The first-order valence-electron chi connectivity index (χ1n) is 5.43. The average molecular weight is 230 g/mol. The van der Waals surface area contributed by atoms with E-state index in [0.29, 0.717) is 26.1 Å². The summed E-state index contributed by atoms with van der Waals surface area (Å²) >= 11 is 0. The molecule has 1 saturated carbocycles. The van der Waals surface area contributed by atoms with E-state index in [1.807, 2.05) is 0 Å². The maximum absolute atomic E-state index is 10.7. The highest BCUT2D eigenvalue weighted by atomic mass is 16.5. The summed E-state index contributed by atoms with van der Waals surface area (Å²) in [4.78, 5) is 21.4. The highest BCUT2D eigenvalue weighted by molar-refractivity contribution is 5.66. The number of rotatable bonds is 4. The normalized spacial score (nSPS) is 28.8. The van der Waals surface area contributed by atoms with Gasteiger partial charge in [0.25, 0.3) is 0 Å². The molecule has 1 fully saturated rings. The van der Waals surface area contributed by atoms with Gasteiger partial charge in [-0.3, -0.25) is 9.59 Å². The second-order valence-corrected chi connectivity index (χ2v) is 4.25. The van der Waals surface area contributed by atoms with Crippen molar-refractivity contribution in [3.8, 4) is 0 Å². The fourth-order valence-electron chi connectivity index (χ4n) is 2.04. The summed E-state index contributed by atoms with van der Waals surface area (Å²) in [6, 6.07) is 0. The fourth-order valence-corrected chi connectivity index (χ4v) is 2.04. The summed E-state index contributed by atoms with van der Waals surface area (Å²) in [6.45, 7) is 3.29. The Morgan fingerprint density at radius 2 is 1.44 bits per heavy atom. The summed E-state index contributed by atoms with van der Waals surface area (Å²) in [6.07, 6.45) is 0.805. The number of esters is 2. The van der Waals surface area contributed by atoms with Crippen LogP contribution in [0.25, 0.3) is 0 Å². The zero-order valence-electron chi connectivity index (χ0n) is 9.64. The predicted molar refractivity (Wildman–Crippen MR) is 55.5 cm³/mol. The van der Waals surface area contributed by atoms with Crippen molar-refractivity contribution in [3.05, 3.63) is 0 Å². The number of aliphatic hydroxyl groups is 1. The van der Waals surface area contributed by atoms with Crippen LogP contribution in [0.4, 0.5) is 0 Å². The Morgan fingerprint density at radius 1 is 1.06 bits per heavy atom. The van der Waals surface area contributed by atoms with Crippen molar-refractivity contribution in [2.75, 3.05) is 13.2 Å². The lowest BCUT2D eigenvalue weighted by Crippen LogP contribution is -2.21. The van der Waals surface area contributed by atoms with Gasteiger partial charge in [-0.15, -0.1) is 0 Å². The highest BCUT2D eigenvalue weighted by Crippen LogP contribution is 2.32. The maximum atomic E-state index is 10.7. The van der Waals surface area contributed by atoms with E-state index in [1.54, 1.807) is 0 Å². The Morgan fingerprint density at radius 3 is 1.75 bits per heavy atom. The standard InChI is InChI=1S/C11H18O5/c1-7(12)15-5-9-3-11(14)4-10(9)6-16-8(2)13/h9-11,14H,3-6H2,1-2H3/t9-,10+,11?. The molecule has 5 heteroatoms. The van der Waals surface area contributed by atoms with Crippen LogP contribution in [0.5, 0.6) is 0 Å². The van der Waals surface area contributed by atoms with Crippen molar-refractivity contribution in [2.45, 2.75) is 32.8 Å². The van der Waals surface area contributed by atoms with Gasteiger partial charge in [0.15, 0.2) is 0 Å². The monoisotopic (exact) mass is 230 g/mol. The lowest BCUT2D eigenvalue weighted by Gasteiger charge is -2.18. The van der Waals surface area contributed by atoms with Crippen LogP contribution in [0.1, 0.15) is 26.7 Å². The largest absolute Gasteiger partial charge is 0.466 e. The van der Waals surface area contributed by atoms with Gasteiger partial charge in [0.1, 0.15) is 0 Å². The Labute approximate surface area is 94.7 Å². The van der Waals surface area contributed by atoms with Gasteiger partial charge >= 0.3 is 11.9 Å². The van der Waals surface area contributed by atoms with Gasteiger partial charge in [0, 0.05) is 25.7 Å². The van der Waals surface area contributed by atoms with Crippen molar-refractivity contribution < 1.29 is 24.2 Å². The Kier molecular flexibility index (Phi) is 4.73. The van der Waals surface area contributed by atoms with Crippen LogP contribution < -0.4 is 0 Å². The molecule has 5 nitrogen and oxygen atoms in total. The van der Waals surface area contributed by atoms with Gasteiger partial charge < -0.3 is 14.6 Å². The molecule has 92 valence electrons. The molecule has 0 heterocycles. The molecule has 1 aliphatic rings. The van der Waals surface area contributed by atoms with E-state index < -0.39 is 0 Å². The van der Waals surface area contributed by atoms with Gasteiger partial charge in [0.2, 0.25) is 0 Å². The van der Waals surface area contributed by atoms with Crippen molar-refractivity contribution in [1.29, 1.82) is 0 Å². The minimum Gasteiger partial charge on any atom is -0.466 e. The van der Waals surface area contributed by atoms with Crippen molar-refractivity contribution >= 4 is 11.9 Å². The number of hydrogen-bond acceptors (Lipinski definition) is 5. The van der Waals surface area contributed by atoms with Crippen molar-refractivity contribution in [1.82, 2.24) is 0 Å². The fraction of sp³-hybridized carbons (Fsp3) is 0.818. The van der Waals surface area contributed by atoms with Crippen LogP contribution in [-0.2, 0) is 19.1 Å². The van der Waals surface area contributed by atoms with Gasteiger partial charge in [-0.25, -0.2) is 0 Å². The van der Waals surface area contributed by atoms with E-state index in [4.69, 9.17) is 9.47 Å². The third-order valence-corrected chi connectivity index (χ3v) is 2.82. The molecule has 0 aromatic carbocycles. The molecule has 0 radical (unpaired) electrons. The van der Waals surface area contributed by atoms with Crippen molar-refractivity contribution in [3.63, 3.8) is 0 Å². The number of carbonyl (C=O) groups is 2. The van der Waals surface area contributed by atoms with E-state index in [9.17, 15) is 14.7 Å². The van der Waals surface area contributed by atoms with E-state index >= 15 is 0 Å². The molecule has 16 heavy (non-hydrogen) atoms. The topological polar surface area (TPSA) is 72.8 Å².